The average Bonchev–Trinajstić information content (AvgIpc) is 3.16. The molecule has 6 nitrogen and oxygen atoms in total. The first-order valence-electron chi connectivity index (χ1n) is 10.3. The molecule has 0 aliphatic heterocycles. The van der Waals surface area contributed by atoms with Crippen molar-refractivity contribution in [2.45, 2.75) is 39.0 Å². The summed E-state index contributed by atoms with van der Waals surface area (Å²) in [6.07, 6.45) is 0.972. The maximum Gasteiger partial charge on any atom is 0.267 e. The van der Waals surface area contributed by atoms with E-state index in [0.29, 0.717) is 29.3 Å². The Morgan fingerprint density at radius 2 is 1.61 bits per heavy atom. The van der Waals surface area contributed by atoms with E-state index in [1.807, 2.05) is 19.1 Å². The van der Waals surface area contributed by atoms with Gasteiger partial charge in [0.2, 0.25) is 10.0 Å². The molecule has 8 heteroatoms. The molecule has 0 fully saturated rings. The number of benzene rings is 2. The Balaban J connectivity index is 1.77. The molecule has 3 aromatic rings. The molecule has 0 bridgehead atoms. The third-order valence-electron chi connectivity index (χ3n) is 5.07. The van der Waals surface area contributed by atoms with Gasteiger partial charge in [-0.2, -0.15) is 4.31 Å². The van der Waals surface area contributed by atoms with Crippen molar-refractivity contribution in [1.82, 2.24) is 9.29 Å². The van der Waals surface area contributed by atoms with Crippen molar-refractivity contribution in [2.24, 2.45) is 0 Å². The number of rotatable bonds is 8. The normalized spacial score (nSPS) is 11.6. The van der Waals surface area contributed by atoms with Crippen LogP contribution in [0.2, 0.25) is 0 Å². The van der Waals surface area contributed by atoms with Crippen LogP contribution in [0.3, 0.4) is 0 Å². The summed E-state index contributed by atoms with van der Waals surface area (Å²) in [5, 5.41) is 3.64. The fraction of sp³-hybridized carbons (Fsp3) is 0.304. The molecule has 1 amide bonds. The number of aryl methyl sites for hydroxylation is 2. The zero-order chi connectivity index (χ0) is 22.6. The van der Waals surface area contributed by atoms with Crippen molar-refractivity contribution in [3.63, 3.8) is 0 Å². The smallest absolute Gasteiger partial charge is 0.267 e. The SMILES string of the molecule is CCc1ccc(-c2nc(C)c(C(=O)Nc3ccc(S(=O)(=O)N(CC)CC)cc3)s2)cc1. The highest BCUT2D eigenvalue weighted by molar-refractivity contribution is 7.89. The first-order valence-corrected chi connectivity index (χ1v) is 12.5. The van der Waals surface area contributed by atoms with E-state index in [0.717, 1.165) is 17.0 Å². The van der Waals surface area contributed by atoms with E-state index in [2.05, 4.69) is 29.4 Å². The van der Waals surface area contributed by atoms with Crippen molar-refractivity contribution in [1.29, 1.82) is 0 Å². The van der Waals surface area contributed by atoms with Crippen LogP contribution >= 0.6 is 11.3 Å². The minimum atomic E-state index is -3.53. The molecule has 0 aliphatic rings. The van der Waals surface area contributed by atoms with Crippen LogP contribution in [0, 0.1) is 6.92 Å². The summed E-state index contributed by atoms with van der Waals surface area (Å²) in [4.78, 5) is 18.1. The van der Waals surface area contributed by atoms with Gasteiger partial charge in [-0.05, 0) is 43.2 Å². The van der Waals surface area contributed by atoms with Crippen LogP contribution in [-0.2, 0) is 16.4 Å². The van der Waals surface area contributed by atoms with Gasteiger partial charge in [0.05, 0.1) is 10.6 Å². The number of hydrogen-bond donors (Lipinski definition) is 1. The zero-order valence-corrected chi connectivity index (χ0v) is 19.8. The molecule has 31 heavy (non-hydrogen) atoms. The Morgan fingerprint density at radius 3 is 2.16 bits per heavy atom. The van der Waals surface area contributed by atoms with E-state index in [1.54, 1.807) is 26.0 Å². The molecule has 0 saturated carbocycles. The lowest BCUT2D eigenvalue weighted by Gasteiger charge is -2.18. The van der Waals surface area contributed by atoms with Crippen molar-refractivity contribution >= 4 is 33.0 Å². The van der Waals surface area contributed by atoms with Gasteiger partial charge in [0.25, 0.3) is 5.91 Å². The summed E-state index contributed by atoms with van der Waals surface area (Å²) >= 11 is 1.34. The van der Waals surface area contributed by atoms with Crippen molar-refractivity contribution < 1.29 is 13.2 Å². The first-order chi connectivity index (χ1) is 14.8. The summed E-state index contributed by atoms with van der Waals surface area (Å²) in [7, 11) is -3.53. The van der Waals surface area contributed by atoms with E-state index in [9.17, 15) is 13.2 Å². The quantitative estimate of drug-likeness (QED) is 0.518. The Kier molecular flexibility index (Phi) is 7.25. The van der Waals surface area contributed by atoms with Crippen LogP contribution in [0.25, 0.3) is 10.6 Å². The number of nitrogens with zero attached hydrogens (tertiary/aromatic N) is 2. The molecule has 164 valence electrons. The second kappa shape index (κ2) is 9.72. The van der Waals surface area contributed by atoms with Crippen LogP contribution in [0.5, 0.6) is 0 Å². The monoisotopic (exact) mass is 457 g/mol. The molecule has 0 radical (unpaired) electrons. The molecular weight excluding hydrogens is 430 g/mol. The Bertz CT molecular complexity index is 1150. The number of carbonyl (C=O) groups is 1. The largest absolute Gasteiger partial charge is 0.321 e. The second-order valence-corrected chi connectivity index (χ2v) is 9.99. The zero-order valence-electron chi connectivity index (χ0n) is 18.2. The minimum Gasteiger partial charge on any atom is -0.321 e. The lowest BCUT2D eigenvalue weighted by atomic mass is 10.1. The number of thiazole rings is 1. The molecule has 1 heterocycles. The minimum absolute atomic E-state index is 0.209. The van der Waals surface area contributed by atoms with E-state index in [-0.39, 0.29) is 10.8 Å². The van der Waals surface area contributed by atoms with E-state index in [4.69, 9.17) is 0 Å². The van der Waals surface area contributed by atoms with Gasteiger partial charge in [0.15, 0.2) is 0 Å². The molecule has 0 unspecified atom stereocenters. The Morgan fingerprint density at radius 1 is 1.00 bits per heavy atom. The van der Waals surface area contributed by atoms with E-state index >= 15 is 0 Å². The van der Waals surface area contributed by atoms with Gasteiger partial charge in [0.1, 0.15) is 9.88 Å². The molecule has 1 N–H and O–H groups in total. The second-order valence-electron chi connectivity index (χ2n) is 7.05. The number of amides is 1. The standard InChI is InChI=1S/C23H27N3O3S2/c1-5-17-8-10-18(11-9-17)23-24-16(4)21(30-23)22(27)25-19-12-14-20(15-13-19)31(28,29)26(6-2)7-3/h8-15H,5-7H2,1-4H3,(H,25,27). The van der Waals surface area contributed by atoms with Crippen LogP contribution in [0.4, 0.5) is 5.69 Å². The molecule has 0 aliphatic carbocycles. The van der Waals surface area contributed by atoms with Gasteiger partial charge >= 0.3 is 0 Å². The molecular formula is C23H27N3O3S2. The van der Waals surface area contributed by atoms with Crippen LogP contribution < -0.4 is 5.32 Å². The number of aromatic nitrogens is 1. The number of carbonyl (C=O) groups excluding carboxylic acids is 1. The lowest BCUT2D eigenvalue weighted by Crippen LogP contribution is -2.30. The predicted molar refractivity (Wildman–Crippen MR) is 126 cm³/mol. The van der Waals surface area contributed by atoms with Gasteiger partial charge in [-0.15, -0.1) is 11.3 Å². The fourth-order valence-electron chi connectivity index (χ4n) is 3.22. The maximum absolute atomic E-state index is 12.8. The summed E-state index contributed by atoms with van der Waals surface area (Å²) < 4.78 is 26.6. The average molecular weight is 458 g/mol. The molecule has 0 spiro atoms. The number of sulfonamides is 1. The Labute approximate surface area is 188 Å². The van der Waals surface area contributed by atoms with E-state index < -0.39 is 10.0 Å². The van der Waals surface area contributed by atoms with Crippen LogP contribution in [-0.4, -0.2) is 36.7 Å². The summed E-state index contributed by atoms with van der Waals surface area (Å²) in [6, 6.07) is 14.4. The molecule has 0 saturated heterocycles. The van der Waals surface area contributed by atoms with Crippen molar-refractivity contribution in [2.75, 3.05) is 18.4 Å². The van der Waals surface area contributed by atoms with Crippen LogP contribution in [0.1, 0.15) is 41.7 Å². The summed E-state index contributed by atoms with van der Waals surface area (Å²) in [5.74, 6) is -0.259. The lowest BCUT2D eigenvalue weighted by molar-refractivity contribution is 0.103. The fourth-order valence-corrected chi connectivity index (χ4v) is 5.65. The third kappa shape index (κ3) is 5.03. The third-order valence-corrected chi connectivity index (χ3v) is 8.34. The van der Waals surface area contributed by atoms with Crippen molar-refractivity contribution in [3.05, 3.63) is 64.7 Å². The highest BCUT2D eigenvalue weighted by Crippen LogP contribution is 2.29. The highest BCUT2D eigenvalue weighted by Gasteiger charge is 2.22. The topological polar surface area (TPSA) is 79.4 Å². The molecule has 3 rings (SSSR count). The summed E-state index contributed by atoms with van der Waals surface area (Å²) in [5.41, 5.74) is 3.43. The van der Waals surface area contributed by atoms with Gasteiger partial charge < -0.3 is 5.32 Å². The molecule has 0 atom stereocenters. The van der Waals surface area contributed by atoms with Gasteiger partial charge in [0, 0.05) is 24.3 Å². The first kappa shape index (κ1) is 23.1. The summed E-state index contributed by atoms with van der Waals surface area (Å²) in [6.45, 7) is 8.35. The predicted octanol–water partition coefficient (Wildman–Crippen LogP) is 4.96. The van der Waals surface area contributed by atoms with Crippen molar-refractivity contribution in [3.8, 4) is 10.6 Å². The van der Waals surface area contributed by atoms with Gasteiger partial charge in [-0.25, -0.2) is 13.4 Å². The van der Waals surface area contributed by atoms with Crippen LogP contribution in [0.15, 0.2) is 53.4 Å². The van der Waals surface area contributed by atoms with Gasteiger partial charge in [-0.1, -0.05) is 45.0 Å². The highest BCUT2D eigenvalue weighted by atomic mass is 32.2. The molecule has 2 aromatic carbocycles. The number of hydrogen-bond acceptors (Lipinski definition) is 5. The van der Waals surface area contributed by atoms with E-state index in [1.165, 1.54) is 33.3 Å². The Hall–Kier alpha value is -2.55. The number of nitrogens with one attached hydrogen (secondary N) is 1. The molecule has 1 aromatic heterocycles. The van der Waals surface area contributed by atoms with Gasteiger partial charge in [-0.3, -0.25) is 4.79 Å². The number of anilines is 1. The maximum atomic E-state index is 12.8.